The second-order valence-electron chi connectivity index (χ2n) is 9.86. The Kier molecular flexibility index (Phi) is 7.20. The van der Waals surface area contributed by atoms with E-state index in [9.17, 15) is 14.0 Å². The van der Waals surface area contributed by atoms with Crippen molar-refractivity contribution < 1.29 is 18.7 Å². The number of rotatable bonds is 6. The number of ether oxygens (including phenoxy) is 1. The molecule has 35 heavy (non-hydrogen) atoms. The van der Waals surface area contributed by atoms with E-state index in [1.165, 1.54) is 12.1 Å². The number of fused-ring (bicyclic) bond motifs is 1. The van der Waals surface area contributed by atoms with E-state index in [1.807, 2.05) is 74.2 Å². The minimum atomic E-state index is -0.555. The van der Waals surface area contributed by atoms with E-state index in [0.717, 1.165) is 22.3 Å². The molecule has 0 aliphatic carbocycles. The zero-order valence-electron chi connectivity index (χ0n) is 20.4. The molecule has 1 atom stereocenters. The molecule has 0 saturated heterocycles. The Labute approximate surface area is 205 Å². The Morgan fingerprint density at radius 1 is 1.03 bits per heavy atom. The van der Waals surface area contributed by atoms with Gasteiger partial charge < -0.3 is 15.0 Å². The molecule has 4 rings (SSSR count). The summed E-state index contributed by atoms with van der Waals surface area (Å²) in [6.07, 6.45) is 0.715. The fourth-order valence-corrected chi connectivity index (χ4v) is 4.33. The van der Waals surface area contributed by atoms with Crippen LogP contribution in [0.15, 0.2) is 72.8 Å². The molecule has 0 unspecified atom stereocenters. The number of hydrogen-bond acceptors (Lipinski definition) is 3. The predicted octanol–water partition coefficient (Wildman–Crippen LogP) is 5.04. The molecule has 0 fully saturated rings. The highest BCUT2D eigenvalue weighted by molar-refractivity contribution is 5.83. The summed E-state index contributed by atoms with van der Waals surface area (Å²) in [4.78, 5) is 27.5. The second-order valence-corrected chi connectivity index (χ2v) is 9.86. The third-order valence-electron chi connectivity index (χ3n) is 6.14. The molecular weight excluding hydrogens is 443 g/mol. The summed E-state index contributed by atoms with van der Waals surface area (Å²) in [7, 11) is 0. The van der Waals surface area contributed by atoms with Crippen molar-refractivity contribution in [2.75, 3.05) is 13.2 Å². The molecule has 1 aliphatic rings. The van der Waals surface area contributed by atoms with Gasteiger partial charge in [0.15, 0.2) is 6.61 Å². The van der Waals surface area contributed by atoms with Crippen molar-refractivity contribution in [1.82, 2.24) is 10.2 Å². The lowest BCUT2D eigenvalue weighted by atomic mass is 9.85. The smallest absolute Gasteiger partial charge is 0.258 e. The van der Waals surface area contributed by atoms with Crippen LogP contribution >= 0.6 is 0 Å². The highest BCUT2D eigenvalue weighted by atomic mass is 19.1. The molecule has 1 heterocycles. The number of carbonyl (C=O) groups excluding carboxylic acids is 2. The van der Waals surface area contributed by atoms with E-state index in [-0.39, 0.29) is 30.3 Å². The van der Waals surface area contributed by atoms with E-state index in [2.05, 4.69) is 5.32 Å². The van der Waals surface area contributed by atoms with Gasteiger partial charge in [-0.2, -0.15) is 0 Å². The molecule has 5 nitrogen and oxygen atoms in total. The van der Waals surface area contributed by atoms with Gasteiger partial charge in [0.05, 0.1) is 6.04 Å². The van der Waals surface area contributed by atoms with Crippen LogP contribution in [0.2, 0.25) is 0 Å². The van der Waals surface area contributed by atoms with Crippen molar-refractivity contribution in [3.05, 3.63) is 101 Å². The molecule has 0 spiro atoms. The highest BCUT2D eigenvalue weighted by Crippen LogP contribution is 2.39. The zero-order chi connectivity index (χ0) is 25.0. The van der Waals surface area contributed by atoms with Gasteiger partial charge in [0, 0.05) is 18.5 Å². The van der Waals surface area contributed by atoms with E-state index in [4.69, 9.17) is 4.74 Å². The van der Waals surface area contributed by atoms with Crippen LogP contribution < -0.4 is 10.1 Å². The van der Waals surface area contributed by atoms with Gasteiger partial charge >= 0.3 is 0 Å². The minimum Gasteiger partial charge on any atom is -0.484 e. The number of nitrogens with one attached hydrogen (secondary N) is 1. The van der Waals surface area contributed by atoms with Crippen LogP contribution in [0.25, 0.3) is 0 Å². The first kappa shape index (κ1) is 24.5. The summed E-state index contributed by atoms with van der Waals surface area (Å²) in [5.41, 5.74) is 3.34. The van der Waals surface area contributed by atoms with Crippen LogP contribution in [-0.4, -0.2) is 29.9 Å². The number of nitrogens with zero attached hydrogens (tertiary/aromatic N) is 1. The van der Waals surface area contributed by atoms with Gasteiger partial charge in [-0.15, -0.1) is 0 Å². The van der Waals surface area contributed by atoms with Crippen LogP contribution in [0.5, 0.6) is 5.75 Å². The summed E-state index contributed by atoms with van der Waals surface area (Å²) < 4.78 is 19.5. The second kappa shape index (κ2) is 10.3. The summed E-state index contributed by atoms with van der Waals surface area (Å²) in [5.74, 6) is 0.0446. The lowest BCUT2D eigenvalue weighted by molar-refractivity contribution is -0.141. The van der Waals surface area contributed by atoms with Gasteiger partial charge in [-0.1, -0.05) is 69.3 Å². The Morgan fingerprint density at radius 3 is 2.43 bits per heavy atom. The molecule has 182 valence electrons. The van der Waals surface area contributed by atoms with Crippen molar-refractivity contribution >= 4 is 11.8 Å². The molecule has 6 heteroatoms. The molecule has 3 aromatic rings. The average Bonchev–Trinajstić information content (AvgIpc) is 2.85. The fraction of sp³-hybridized carbons (Fsp3) is 0.310. The van der Waals surface area contributed by atoms with Crippen molar-refractivity contribution in [2.45, 2.75) is 39.8 Å². The molecule has 3 aromatic carbocycles. The first-order valence-electron chi connectivity index (χ1n) is 11.8. The third-order valence-corrected chi connectivity index (χ3v) is 6.14. The largest absolute Gasteiger partial charge is 0.484 e. The summed E-state index contributed by atoms with van der Waals surface area (Å²) in [6.45, 7) is 6.61. The van der Waals surface area contributed by atoms with Crippen molar-refractivity contribution in [1.29, 1.82) is 0 Å². The summed E-state index contributed by atoms with van der Waals surface area (Å²) >= 11 is 0. The molecule has 0 aromatic heterocycles. The van der Waals surface area contributed by atoms with Gasteiger partial charge in [-0.25, -0.2) is 4.39 Å². The molecule has 2 amide bonds. The van der Waals surface area contributed by atoms with Gasteiger partial charge in [0.2, 0.25) is 5.91 Å². The van der Waals surface area contributed by atoms with Crippen LogP contribution in [0.3, 0.4) is 0 Å². The first-order valence-corrected chi connectivity index (χ1v) is 11.8. The fourth-order valence-electron chi connectivity index (χ4n) is 4.33. The Balaban J connectivity index is 1.55. The van der Waals surface area contributed by atoms with E-state index in [1.54, 1.807) is 12.1 Å². The molecule has 0 saturated carbocycles. The van der Waals surface area contributed by atoms with Crippen molar-refractivity contribution in [2.24, 2.45) is 5.41 Å². The van der Waals surface area contributed by atoms with Crippen LogP contribution in [0, 0.1) is 11.2 Å². The van der Waals surface area contributed by atoms with Crippen molar-refractivity contribution in [3.63, 3.8) is 0 Å². The highest BCUT2D eigenvalue weighted by Gasteiger charge is 2.37. The van der Waals surface area contributed by atoms with Gasteiger partial charge in [-0.05, 0) is 52.9 Å². The molecular formula is C29H31FN2O3. The maximum Gasteiger partial charge on any atom is 0.258 e. The number of amides is 2. The lowest BCUT2D eigenvalue weighted by Crippen LogP contribution is -2.45. The Morgan fingerprint density at radius 2 is 1.74 bits per heavy atom. The summed E-state index contributed by atoms with van der Waals surface area (Å²) in [5, 5.41) is 2.86. The van der Waals surface area contributed by atoms with Crippen molar-refractivity contribution in [3.8, 4) is 5.75 Å². The quantitative estimate of drug-likeness (QED) is 0.545. The first-order chi connectivity index (χ1) is 16.7. The normalized spacial score (nSPS) is 15.3. The lowest BCUT2D eigenvalue weighted by Gasteiger charge is -2.41. The maximum atomic E-state index is 13.7. The summed E-state index contributed by atoms with van der Waals surface area (Å²) in [6, 6.07) is 21.3. The number of carbonyl (C=O) groups is 2. The van der Waals surface area contributed by atoms with Crippen LogP contribution in [0.1, 0.15) is 49.1 Å². The van der Waals surface area contributed by atoms with Gasteiger partial charge in [0.25, 0.3) is 5.91 Å². The minimum absolute atomic E-state index is 0.0316. The number of benzene rings is 3. The molecule has 0 bridgehead atoms. The van der Waals surface area contributed by atoms with Gasteiger partial charge in [-0.3, -0.25) is 9.59 Å². The number of halogens is 1. The SMILES string of the molecule is CC(C)(C)C(=O)N1CCc2ccc(OCC(=O)NCc3ccccc3)cc2[C@@H]1c1ccc(F)cc1. The van der Waals surface area contributed by atoms with E-state index < -0.39 is 5.41 Å². The number of hydrogen-bond donors (Lipinski definition) is 1. The molecule has 1 aliphatic heterocycles. The molecule has 0 radical (unpaired) electrons. The standard InChI is InChI=1S/C29H31FN2O3/c1-29(2,3)28(34)32-16-15-21-11-14-24(17-25(21)27(32)22-9-12-23(30)13-10-22)35-19-26(33)31-18-20-7-5-4-6-8-20/h4-14,17,27H,15-16,18-19H2,1-3H3,(H,31,33)/t27-/m0/s1. The van der Waals surface area contributed by atoms with Crippen LogP contribution in [0.4, 0.5) is 4.39 Å². The topological polar surface area (TPSA) is 58.6 Å². The van der Waals surface area contributed by atoms with E-state index in [0.29, 0.717) is 25.3 Å². The third kappa shape index (κ3) is 5.88. The Hall–Kier alpha value is -3.67. The predicted molar refractivity (Wildman–Crippen MR) is 133 cm³/mol. The Bertz CT molecular complexity index is 1190. The van der Waals surface area contributed by atoms with Gasteiger partial charge in [0.1, 0.15) is 11.6 Å². The molecule has 1 N–H and O–H groups in total. The van der Waals surface area contributed by atoms with Crippen LogP contribution in [-0.2, 0) is 22.6 Å². The monoisotopic (exact) mass is 474 g/mol. The maximum absolute atomic E-state index is 13.7. The zero-order valence-corrected chi connectivity index (χ0v) is 20.4. The van der Waals surface area contributed by atoms with E-state index >= 15 is 0 Å². The average molecular weight is 475 g/mol.